The van der Waals surface area contributed by atoms with Gasteiger partial charge in [-0.1, -0.05) is 36.8 Å². The molecule has 0 bridgehead atoms. The molecule has 24 heavy (non-hydrogen) atoms. The zero-order chi connectivity index (χ0) is 16.5. The standard InChI is InChI=1S/C18H26N4S.HI/c1-4-17-22-16(13-23-17)10-11-20-18(19-5-2)21-12-15-8-6-14(3)7-9-15;/h6-9,13H,4-5,10-12H2,1-3H3,(H2,19,20,21);1H. The van der Waals surface area contributed by atoms with Gasteiger partial charge in [0.25, 0.3) is 0 Å². The summed E-state index contributed by atoms with van der Waals surface area (Å²) >= 11 is 1.74. The molecular weight excluding hydrogens is 431 g/mol. The molecule has 2 N–H and O–H groups in total. The molecule has 0 unspecified atom stereocenters. The number of guanidine groups is 1. The number of halogens is 1. The van der Waals surface area contributed by atoms with E-state index in [4.69, 9.17) is 0 Å². The molecule has 0 aliphatic carbocycles. The number of nitrogens with one attached hydrogen (secondary N) is 2. The Balaban J connectivity index is 0.00000288. The van der Waals surface area contributed by atoms with Crippen molar-refractivity contribution in [3.63, 3.8) is 0 Å². The number of rotatable bonds is 7. The summed E-state index contributed by atoms with van der Waals surface area (Å²) < 4.78 is 0. The zero-order valence-electron chi connectivity index (χ0n) is 14.6. The zero-order valence-corrected chi connectivity index (χ0v) is 17.8. The van der Waals surface area contributed by atoms with Crippen LogP contribution in [-0.2, 0) is 19.4 Å². The number of hydrogen-bond acceptors (Lipinski definition) is 3. The van der Waals surface area contributed by atoms with Crippen LogP contribution in [0.1, 0.15) is 35.7 Å². The molecule has 0 saturated carbocycles. The van der Waals surface area contributed by atoms with Gasteiger partial charge in [0.1, 0.15) is 0 Å². The maximum atomic E-state index is 4.64. The molecule has 0 fully saturated rings. The fraction of sp³-hybridized carbons (Fsp3) is 0.444. The summed E-state index contributed by atoms with van der Waals surface area (Å²) in [7, 11) is 0. The second-order valence-electron chi connectivity index (χ2n) is 5.44. The Bertz CT molecular complexity index is 622. The monoisotopic (exact) mass is 458 g/mol. The lowest BCUT2D eigenvalue weighted by atomic mass is 10.1. The average Bonchev–Trinajstić information content (AvgIpc) is 3.02. The van der Waals surface area contributed by atoms with E-state index in [2.05, 4.69) is 71.0 Å². The van der Waals surface area contributed by atoms with E-state index < -0.39 is 0 Å². The molecule has 1 heterocycles. The van der Waals surface area contributed by atoms with Gasteiger partial charge >= 0.3 is 0 Å². The first-order chi connectivity index (χ1) is 11.2. The highest BCUT2D eigenvalue weighted by molar-refractivity contribution is 14.0. The smallest absolute Gasteiger partial charge is 0.191 e. The van der Waals surface area contributed by atoms with Crippen molar-refractivity contribution in [2.24, 2.45) is 4.99 Å². The lowest BCUT2D eigenvalue weighted by Gasteiger charge is -2.10. The Hall–Kier alpha value is -1.15. The normalized spacial score (nSPS) is 11.0. The van der Waals surface area contributed by atoms with E-state index in [0.717, 1.165) is 37.6 Å². The van der Waals surface area contributed by atoms with Crippen LogP contribution in [0.3, 0.4) is 0 Å². The third-order valence-corrected chi connectivity index (χ3v) is 4.50. The van der Waals surface area contributed by atoms with Crippen LogP contribution < -0.4 is 10.6 Å². The molecule has 0 saturated heterocycles. The Labute approximate surface area is 166 Å². The van der Waals surface area contributed by atoms with Crippen LogP contribution in [0, 0.1) is 6.92 Å². The van der Waals surface area contributed by atoms with Crippen LogP contribution in [0.5, 0.6) is 0 Å². The summed E-state index contributed by atoms with van der Waals surface area (Å²) in [4.78, 5) is 9.23. The highest BCUT2D eigenvalue weighted by Gasteiger charge is 2.02. The maximum absolute atomic E-state index is 4.64. The molecule has 0 spiro atoms. The second kappa shape index (κ2) is 11.4. The van der Waals surface area contributed by atoms with Gasteiger partial charge in [-0.15, -0.1) is 35.3 Å². The van der Waals surface area contributed by atoms with Crippen molar-refractivity contribution in [3.05, 3.63) is 51.5 Å². The summed E-state index contributed by atoms with van der Waals surface area (Å²) in [5.41, 5.74) is 3.66. The minimum absolute atomic E-state index is 0. The van der Waals surface area contributed by atoms with Gasteiger partial charge in [0.2, 0.25) is 0 Å². The van der Waals surface area contributed by atoms with Gasteiger partial charge in [0, 0.05) is 24.9 Å². The second-order valence-corrected chi connectivity index (χ2v) is 6.39. The minimum Gasteiger partial charge on any atom is -0.357 e. The Morgan fingerprint density at radius 1 is 1.17 bits per heavy atom. The molecule has 2 aromatic rings. The van der Waals surface area contributed by atoms with Gasteiger partial charge in [-0.05, 0) is 25.8 Å². The molecule has 2 rings (SSSR count). The first kappa shape index (κ1) is 20.9. The predicted octanol–water partition coefficient (Wildman–Crippen LogP) is 3.93. The van der Waals surface area contributed by atoms with Crippen LogP contribution in [0.15, 0.2) is 34.6 Å². The topological polar surface area (TPSA) is 49.3 Å². The van der Waals surface area contributed by atoms with Crippen molar-refractivity contribution in [2.45, 2.75) is 40.2 Å². The van der Waals surface area contributed by atoms with Crippen LogP contribution in [0.25, 0.3) is 0 Å². The molecule has 0 amide bonds. The van der Waals surface area contributed by atoms with Crippen molar-refractivity contribution < 1.29 is 0 Å². The third-order valence-electron chi connectivity index (χ3n) is 3.46. The van der Waals surface area contributed by atoms with E-state index in [1.54, 1.807) is 11.3 Å². The Morgan fingerprint density at radius 3 is 2.54 bits per heavy atom. The van der Waals surface area contributed by atoms with Gasteiger partial charge in [-0.2, -0.15) is 0 Å². The lowest BCUT2D eigenvalue weighted by molar-refractivity contribution is 0.789. The van der Waals surface area contributed by atoms with Crippen molar-refractivity contribution >= 4 is 41.3 Å². The summed E-state index contributed by atoms with van der Waals surface area (Å²) in [6.45, 7) is 8.70. The molecule has 1 aromatic carbocycles. The van der Waals surface area contributed by atoms with Gasteiger partial charge in [-0.3, -0.25) is 0 Å². The van der Waals surface area contributed by atoms with Crippen LogP contribution in [-0.4, -0.2) is 24.0 Å². The van der Waals surface area contributed by atoms with E-state index in [0.29, 0.717) is 6.54 Å². The van der Waals surface area contributed by atoms with Crippen LogP contribution in [0.4, 0.5) is 0 Å². The SMILES string of the molecule is CCNC(=NCc1ccc(C)cc1)NCCc1csc(CC)n1.I. The number of hydrogen-bond donors (Lipinski definition) is 2. The molecule has 4 nitrogen and oxygen atoms in total. The number of aryl methyl sites for hydroxylation is 2. The van der Waals surface area contributed by atoms with Gasteiger partial charge in [-0.25, -0.2) is 9.98 Å². The molecule has 0 aliphatic heterocycles. The van der Waals surface area contributed by atoms with Crippen LogP contribution in [0.2, 0.25) is 0 Å². The minimum atomic E-state index is 0. The number of aromatic nitrogens is 1. The number of benzene rings is 1. The van der Waals surface area contributed by atoms with Gasteiger partial charge < -0.3 is 10.6 Å². The van der Waals surface area contributed by atoms with Gasteiger partial charge in [0.05, 0.1) is 17.2 Å². The third kappa shape index (κ3) is 7.17. The molecular formula is C18H27IN4S. The van der Waals surface area contributed by atoms with Crippen molar-refractivity contribution in [3.8, 4) is 0 Å². The summed E-state index contributed by atoms with van der Waals surface area (Å²) in [6, 6.07) is 8.51. The van der Waals surface area contributed by atoms with Gasteiger partial charge in [0.15, 0.2) is 5.96 Å². The number of aliphatic imine (C=N–C) groups is 1. The van der Waals surface area contributed by atoms with Crippen LogP contribution >= 0.6 is 35.3 Å². The molecule has 132 valence electrons. The summed E-state index contributed by atoms with van der Waals surface area (Å²) in [6.07, 6.45) is 1.93. The first-order valence-electron chi connectivity index (χ1n) is 8.22. The largest absolute Gasteiger partial charge is 0.357 e. The van der Waals surface area contributed by atoms with E-state index >= 15 is 0 Å². The fourth-order valence-electron chi connectivity index (χ4n) is 2.14. The molecule has 0 atom stereocenters. The quantitative estimate of drug-likeness (QED) is 0.376. The first-order valence-corrected chi connectivity index (χ1v) is 9.10. The van der Waals surface area contributed by atoms with E-state index in [9.17, 15) is 0 Å². The van der Waals surface area contributed by atoms with Crippen molar-refractivity contribution in [1.29, 1.82) is 0 Å². The summed E-state index contributed by atoms with van der Waals surface area (Å²) in [5.74, 6) is 0.860. The van der Waals surface area contributed by atoms with Crippen molar-refractivity contribution in [1.82, 2.24) is 15.6 Å². The number of thiazole rings is 1. The number of nitrogens with zero attached hydrogens (tertiary/aromatic N) is 2. The molecule has 0 aliphatic rings. The molecule has 6 heteroatoms. The highest BCUT2D eigenvalue weighted by Crippen LogP contribution is 2.10. The average molecular weight is 458 g/mol. The lowest BCUT2D eigenvalue weighted by Crippen LogP contribution is -2.38. The maximum Gasteiger partial charge on any atom is 0.191 e. The van der Waals surface area contributed by atoms with E-state index in [1.165, 1.54) is 16.1 Å². The Morgan fingerprint density at radius 2 is 1.92 bits per heavy atom. The fourth-order valence-corrected chi connectivity index (χ4v) is 2.92. The van der Waals surface area contributed by atoms with Crippen molar-refractivity contribution in [2.75, 3.05) is 13.1 Å². The molecule has 1 aromatic heterocycles. The van der Waals surface area contributed by atoms with E-state index in [1.807, 2.05) is 0 Å². The molecule has 0 radical (unpaired) electrons. The summed E-state index contributed by atoms with van der Waals surface area (Å²) in [5, 5.41) is 10.0. The van der Waals surface area contributed by atoms with E-state index in [-0.39, 0.29) is 24.0 Å². The predicted molar refractivity (Wildman–Crippen MR) is 115 cm³/mol. The Kier molecular flexibility index (Phi) is 9.94. The highest BCUT2D eigenvalue weighted by atomic mass is 127.